The molecule has 31 heavy (non-hydrogen) atoms. The lowest BCUT2D eigenvalue weighted by Crippen LogP contribution is -2.38. The molecular weight excluding hydrogens is 417 g/mol. The number of nitrogens with one attached hydrogen (secondary N) is 1. The molecule has 0 saturated carbocycles. The van der Waals surface area contributed by atoms with E-state index in [1.165, 1.54) is 23.5 Å². The molecule has 6 nitrogen and oxygen atoms in total. The Morgan fingerprint density at radius 2 is 1.97 bits per heavy atom. The summed E-state index contributed by atoms with van der Waals surface area (Å²) in [5.74, 6) is 0.810. The largest absolute Gasteiger partial charge is 0.466 e. The summed E-state index contributed by atoms with van der Waals surface area (Å²) in [6, 6.07) is 9.90. The quantitative estimate of drug-likeness (QED) is 0.464. The van der Waals surface area contributed by atoms with Gasteiger partial charge in [-0.1, -0.05) is 12.1 Å². The van der Waals surface area contributed by atoms with Crippen LogP contribution in [0.25, 0.3) is 10.2 Å². The number of aliphatic hydroxyl groups is 1. The number of benzene rings is 1. The molecule has 8 heteroatoms. The van der Waals surface area contributed by atoms with Crippen molar-refractivity contribution in [3.8, 4) is 0 Å². The van der Waals surface area contributed by atoms with Crippen molar-refractivity contribution in [2.45, 2.75) is 39.8 Å². The van der Waals surface area contributed by atoms with Gasteiger partial charge in [0.05, 0.1) is 23.7 Å². The van der Waals surface area contributed by atoms with E-state index in [4.69, 9.17) is 4.42 Å². The first kappa shape index (κ1) is 21.3. The summed E-state index contributed by atoms with van der Waals surface area (Å²) in [5.41, 5.74) is 1.16. The number of amides is 1. The lowest BCUT2D eigenvalue weighted by Gasteiger charge is -2.23. The maximum absolute atomic E-state index is 13.2. The predicted molar refractivity (Wildman–Crippen MR) is 118 cm³/mol. The number of nitrogens with zero attached hydrogens (tertiary/aromatic N) is 2. The third kappa shape index (κ3) is 4.26. The highest BCUT2D eigenvalue weighted by atomic mass is 32.1. The Morgan fingerprint density at radius 1 is 1.26 bits per heavy atom. The van der Waals surface area contributed by atoms with Crippen LogP contribution in [0.5, 0.6) is 0 Å². The topological polar surface area (TPSA) is 80.3 Å². The Labute approximate surface area is 183 Å². The van der Waals surface area contributed by atoms with Crippen LogP contribution in [0, 0.1) is 26.6 Å². The summed E-state index contributed by atoms with van der Waals surface area (Å²) in [6.45, 7) is 7.70. The monoisotopic (exact) mass is 441 g/mol. The summed E-state index contributed by atoms with van der Waals surface area (Å²) in [4.78, 5) is 14.2. The molecule has 4 rings (SSSR count). The molecule has 0 fully saturated rings. The number of furan rings is 1. The molecule has 3 aromatic heterocycles. The van der Waals surface area contributed by atoms with Crippen LogP contribution < -0.4 is 5.32 Å². The summed E-state index contributed by atoms with van der Waals surface area (Å²) >= 11 is 1.34. The van der Waals surface area contributed by atoms with Gasteiger partial charge in [0.25, 0.3) is 5.91 Å². The summed E-state index contributed by atoms with van der Waals surface area (Å²) in [7, 11) is 0. The second-order valence-electron chi connectivity index (χ2n) is 7.98. The number of carbonyl (C=O) groups is 1. The molecular formula is C23H24FN3O3S. The Bertz CT molecular complexity index is 1250. The number of rotatable bonds is 6. The Morgan fingerprint density at radius 3 is 2.61 bits per heavy atom. The average molecular weight is 442 g/mol. The van der Waals surface area contributed by atoms with Gasteiger partial charge >= 0.3 is 0 Å². The van der Waals surface area contributed by atoms with E-state index in [0.29, 0.717) is 28.5 Å². The average Bonchev–Trinajstić information content (AvgIpc) is 3.37. The van der Waals surface area contributed by atoms with Crippen molar-refractivity contribution in [3.63, 3.8) is 0 Å². The first-order valence-electron chi connectivity index (χ1n) is 9.93. The van der Waals surface area contributed by atoms with Gasteiger partial charge in [-0.25, -0.2) is 4.39 Å². The molecule has 0 radical (unpaired) electrons. The SMILES string of the molecule is Cc1cc(C(C)(O)CNC(=O)c2cc3c(C)nn(Cc4ccc(F)cc4)c3s2)c(C)o1. The lowest BCUT2D eigenvalue weighted by atomic mass is 9.96. The van der Waals surface area contributed by atoms with Crippen molar-refractivity contribution in [2.24, 2.45) is 0 Å². The van der Waals surface area contributed by atoms with Crippen LogP contribution in [0.15, 0.2) is 40.8 Å². The fourth-order valence-corrected chi connectivity index (χ4v) is 4.77. The normalized spacial score (nSPS) is 13.5. The number of thiophene rings is 1. The van der Waals surface area contributed by atoms with Crippen LogP contribution in [0.2, 0.25) is 0 Å². The van der Waals surface area contributed by atoms with E-state index in [2.05, 4.69) is 10.4 Å². The smallest absolute Gasteiger partial charge is 0.261 e. The Hall–Kier alpha value is -2.97. The molecule has 4 aromatic rings. The first-order valence-corrected chi connectivity index (χ1v) is 10.7. The number of carbonyl (C=O) groups excluding carboxylic acids is 1. The maximum atomic E-state index is 13.2. The number of aryl methyl sites for hydroxylation is 3. The first-order chi connectivity index (χ1) is 14.6. The van der Waals surface area contributed by atoms with Crippen LogP contribution in [-0.2, 0) is 12.1 Å². The molecule has 2 N–H and O–H groups in total. The van der Waals surface area contributed by atoms with Gasteiger partial charge in [-0.15, -0.1) is 11.3 Å². The van der Waals surface area contributed by atoms with Crippen molar-refractivity contribution < 1.29 is 18.7 Å². The minimum Gasteiger partial charge on any atom is -0.466 e. The van der Waals surface area contributed by atoms with Gasteiger partial charge in [-0.3, -0.25) is 9.48 Å². The number of fused-ring (bicyclic) bond motifs is 1. The van der Waals surface area contributed by atoms with Gasteiger partial charge in [-0.05, 0) is 57.5 Å². The number of hydrogen-bond donors (Lipinski definition) is 2. The van der Waals surface area contributed by atoms with Gasteiger partial charge in [0.1, 0.15) is 27.8 Å². The molecule has 162 valence electrons. The van der Waals surface area contributed by atoms with E-state index in [-0.39, 0.29) is 18.3 Å². The fourth-order valence-electron chi connectivity index (χ4n) is 3.69. The minimum atomic E-state index is -1.25. The van der Waals surface area contributed by atoms with Crippen molar-refractivity contribution in [3.05, 3.63) is 75.4 Å². The summed E-state index contributed by atoms with van der Waals surface area (Å²) in [6.07, 6.45) is 0. The van der Waals surface area contributed by atoms with Crippen LogP contribution in [0.4, 0.5) is 4.39 Å². The molecule has 0 saturated heterocycles. The molecule has 1 amide bonds. The molecule has 1 aromatic carbocycles. The van der Waals surface area contributed by atoms with E-state index in [9.17, 15) is 14.3 Å². The fraction of sp³-hybridized carbons (Fsp3) is 0.304. The Kier molecular flexibility index (Phi) is 5.45. The molecule has 3 heterocycles. The third-order valence-electron chi connectivity index (χ3n) is 5.29. The van der Waals surface area contributed by atoms with E-state index in [0.717, 1.165) is 21.5 Å². The molecule has 0 aliphatic rings. The number of aromatic nitrogens is 2. The van der Waals surface area contributed by atoms with Crippen molar-refractivity contribution >= 4 is 27.5 Å². The second kappa shape index (κ2) is 7.94. The van der Waals surface area contributed by atoms with Crippen LogP contribution in [0.1, 0.15) is 44.9 Å². The van der Waals surface area contributed by atoms with E-state index in [1.54, 1.807) is 32.0 Å². The second-order valence-corrected chi connectivity index (χ2v) is 9.01. The third-order valence-corrected chi connectivity index (χ3v) is 6.44. The minimum absolute atomic E-state index is 0.0561. The van der Waals surface area contributed by atoms with Gasteiger partial charge in [-0.2, -0.15) is 5.10 Å². The van der Waals surface area contributed by atoms with Crippen molar-refractivity contribution in [2.75, 3.05) is 6.54 Å². The zero-order chi connectivity index (χ0) is 22.3. The predicted octanol–water partition coefficient (Wildman–Crippen LogP) is 4.44. The zero-order valence-corrected chi connectivity index (χ0v) is 18.6. The Balaban J connectivity index is 1.52. The van der Waals surface area contributed by atoms with E-state index in [1.807, 2.05) is 24.6 Å². The molecule has 0 aliphatic heterocycles. The van der Waals surface area contributed by atoms with E-state index >= 15 is 0 Å². The van der Waals surface area contributed by atoms with Gasteiger partial charge in [0, 0.05) is 10.9 Å². The number of halogens is 1. The summed E-state index contributed by atoms with van der Waals surface area (Å²) < 4.78 is 20.5. The molecule has 1 unspecified atom stereocenters. The number of hydrogen-bond acceptors (Lipinski definition) is 5. The van der Waals surface area contributed by atoms with E-state index < -0.39 is 5.60 Å². The summed E-state index contributed by atoms with van der Waals surface area (Å²) in [5, 5.41) is 19.1. The lowest BCUT2D eigenvalue weighted by molar-refractivity contribution is 0.0515. The van der Waals surface area contributed by atoms with Crippen molar-refractivity contribution in [1.82, 2.24) is 15.1 Å². The highest BCUT2D eigenvalue weighted by Crippen LogP contribution is 2.30. The van der Waals surface area contributed by atoms with Crippen LogP contribution in [-0.4, -0.2) is 27.3 Å². The highest BCUT2D eigenvalue weighted by molar-refractivity contribution is 7.20. The highest BCUT2D eigenvalue weighted by Gasteiger charge is 2.29. The molecule has 0 aliphatic carbocycles. The van der Waals surface area contributed by atoms with Gasteiger partial charge in [0.15, 0.2) is 0 Å². The van der Waals surface area contributed by atoms with Gasteiger partial charge in [0.2, 0.25) is 0 Å². The zero-order valence-electron chi connectivity index (χ0n) is 17.8. The molecule has 1 atom stereocenters. The van der Waals surface area contributed by atoms with Crippen LogP contribution >= 0.6 is 11.3 Å². The van der Waals surface area contributed by atoms with Gasteiger partial charge < -0.3 is 14.8 Å². The standard InChI is InChI=1S/C23H24FN3O3S/c1-13-9-19(15(3)30-13)23(4,29)12-25-21(28)20-10-18-14(2)26-27(22(18)31-20)11-16-5-7-17(24)8-6-16/h5-10,29H,11-12H2,1-4H3,(H,25,28). The molecule has 0 bridgehead atoms. The van der Waals surface area contributed by atoms with Crippen LogP contribution in [0.3, 0.4) is 0 Å². The van der Waals surface area contributed by atoms with Crippen molar-refractivity contribution in [1.29, 1.82) is 0 Å². The maximum Gasteiger partial charge on any atom is 0.261 e. The molecule has 0 spiro atoms.